The number of ether oxygens (including phenoxy) is 1. The van der Waals surface area contributed by atoms with E-state index in [2.05, 4.69) is 27.7 Å². The standard InChI is InChI=1S/C14H29NO2/c1-5-9-13(8-4)12-17-14(16)15(10-6-2)11-7-3/h13H,5-12H2,1-4H3. The van der Waals surface area contributed by atoms with Crippen molar-refractivity contribution in [3.63, 3.8) is 0 Å². The molecule has 3 heteroatoms. The van der Waals surface area contributed by atoms with Crippen molar-refractivity contribution in [1.82, 2.24) is 4.90 Å². The molecule has 0 spiro atoms. The molecule has 0 aromatic carbocycles. The summed E-state index contributed by atoms with van der Waals surface area (Å²) in [5.41, 5.74) is 0. The average molecular weight is 243 g/mol. The first-order valence-electron chi connectivity index (χ1n) is 7.11. The van der Waals surface area contributed by atoms with Crippen LogP contribution in [0.4, 0.5) is 4.79 Å². The van der Waals surface area contributed by atoms with Crippen LogP contribution in [0, 0.1) is 5.92 Å². The fraction of sp³-hybridized carbons (Fsp3) is 0.929. The molecule has 0 heterocycles. The maximum Gasteiger partial charge on any atom is 0.409 e. The highest BCUT2D eigenvalue weighted by atomic mass is 16.6. The van der Waals surface area contributed by atoms with Gasteiger partial charge >= 0.3 is 6.09 Å². The van der Waals surface area contributed by atoms with Gasteiger partial charge in [0.05, 0.1) is 6.61 Å². The van der Waals surface area contributed by atoms with Gasteiger partial charge in [-0.25, -0.2) is 4.79 Å². The number of amides is 1. The Balaban J connectivity index is 4.02. The first-order chi connectivity index (χ1) is 8.19. The maximum atomic E-state index is 11.9. The van der Waals surface area contributed by atoms with Gasteiger partial charge < -0.3 is 9.64 Å². The molecule has 1 unspecified atom stereocenters. The van der Waals surface area contributed by atoms with Crippen LogP contribution in [0.5, 0.6) is 0 Å². The van der Waals surface area contributed by atoms with Crippen molar-refractivity contribution in [2.45, 2.75) is 59.8 Å². The minimum absolute atomic E-state index is 0.136. The molecule has 0 saturated carbocycles. The van der Waals surface area contributed by atoms with Gasteiger partial charge in [-0.1, -0.05) is 40.5 Å². The van der Waals surface area contributed by atoms with Crippen LogP contribution in [0.15, 0.2) is 0 Å². The van der Waals surface area contributed by atoms with Crippen molar-refractivity contribution in [3.05, 3.63) is 0 Å². The van der Waals surface area contributed by atoms with E-state index in [1.807, 2.05) is 4.90 Å². The molecule has 3 nitrogen and oxygen atoms in total. The fourth-order valence-electron chi connectivity index (χ4n) is 1.93. The Morgan fingerprint density at radius 2 is 1.65 bits per heavy atom. The molecular formula is C14H29NO2. The summed E-state index contributed by atoms with van der Waals surface area (Å²) in [5, 5.41) is 0. The zero-order valence-electron chi connectivity index (χ0n) is 12.0. The van der Waals surface area contributed by atoms with Gasteiger partial charge in [-0.3, -0.25) is 0 Å². The van der Waals surface area contributed by atoms with Gasteiger partial charge in [0.15, 0.2) is 0 Å². The largest absolute Gasteiger partial charge is 0.449 e. The molecule has 1 amide bonds. The second kappa shape index (κ2) is 10.4. The van der Waals surface area contributed by atoms with Crippen LogP contribution >= 0.6 is 0 Å². The van der Waals surface area contributed by atoms with E-state index in [9.17, 15) is 4.79 Å². The molecule has 0 aromatic heterocycles. The summed E-state index contributed by atoms with van der Waals surface area (Å²) in [4.78, 5) is 13.7. The monoisotopic (exact) mass is 243 g/mol. The lowest BCUT2D eigenvalue weighted by molar-refractivity contribution is 0.0849. The summed E-state index contributed by atoms with van der Waals surface area (Å²) in [6.45, 7) is 10.7. The summed E-state index contributed by atoms with van der Waals surface area (Å²) in [7, 11) is 0. The number of hydrogen-bond donors (Lipinski definition) is 0. The molecule has 17 heavy (non-hydrogen) atoms. The van der Waals surface area contributed by atoms with Crippen molar-refractivity contribution >= 4 is 6.09 Å². The molecule has 0 saturated heterocycles. The van der Waals surface area contributed by atoms with E-state index in [1.54, 1.807) is 0 Å². The Hall–Kier alpha value is -0.730. The summed E-state index contributed by atoms with van der Waals surface area (Å²) in [6, 6.07) is 0. The van der Waals surface area contributed by atoms with Gasteiger partial charge in [0.1, 0.15) is 0 Å². The van der Waals surface area contributed by atoms with Gasteiger partial charge in [-0.05, 0) is 25.2 Å². The fourth-order valence-corrected chi connectivity index (χ4v) is 1.93. The minimum atomic E-state index is -0.136. The van der Waals surface area contributed by atoms with Crippen molar-refractivity contribution in [2.24, 2.45) is 5.92 Å². The molecule has 0 N–H and O–H groups in total. The average Bonchev–Trinajstić information content (AvgIpc) is 2.33. The quantitative estimate of drug-likeness (QED) is 0.611. The van der Waals surface area contributed by atoms with Gasteiger partial charge in [0.2, 0.25) is 0 Å². The summed E-state index contributed by atoms with van der Waals surface area (Å²) < 4.78 is 5.40. The van der Waals surface area contributed by atoms with E-state index >= 15 is 0 Å². The van der Waals surface area contributed by atoms with Crippen LogP contribution < -0.4 is 0 Å². The van der Waals surface area contributed by atoms with E-state index in [0.717, 1.165) is 45.2 Å². The zero-order valence-corrected chi connectivity index (χ0v) is 12.0. The Morgan fingerprint density at radius 3 is 2.06 bits per heavy atom. The van der Waals surface area contributed by atoms with Crippen LogP contribution in [-0.2, 0) is 4.74 Å². The number of nitrogens with zero attached hydrogens (tertiary/aromatic N) is 1. The van der Waals surface area contributed by atoms with E-state index in [0.29, 0.717) is 12.5 Å². The lowest BCUT2D eigenvalue weighted by Gasteiger charge is -2.22. The predicted octanol–water partition coefficient (Wildman–Crippen LogP) is 4.07. The van der Waals surface area contributed by atoms with E-state index in [-0.39, 0.29) is 6.09 Å². The molecule has 0 rings (SSSR count). The highest BCUT2D eigenvalue weighted by Gasteiger charge is 2.15. The van der Waals surface area contributed by atoms with E-state index in [1.165, 1.54) is 0 Å². The molecule has 0 aliphatic rings. The Morgan fingerprint density at radius 1 is 1.06 bits per heavy atom. The van der Waals surface area contributed by atoms with E-state index in [4.69, 9.17) is 4.74 Å². The molecule has 1 atom stereocenters. The van der Waals surface area contributed by atoms with Crippen molar-refractivity contribution in [3.8, 4) is 0 Å². The van der Waals surface area contributed by atoms with Gasteiger partial charge in [-0.2, -0.15) is 0 Å². The third kappa shape index (κ3) is 7.24. The molecule has 0 aliphatic heterocycles. The number of carbonyl (C=O) groups is 1. The third-order valence-electron chi connectivity index (χ3n) is 2.96. The normalized spacial score (nSPS) is 12.2. The minimum Gasteiger partial charge on any atom is -0.449 e. The van der Waals surface area contributed by atoms with E-state index < -0.39 is 0 Å². The Labute approximate surface area is 107 Å². The van der Waals surface area contributed by atoms with Gasteiger partial charge in [0.25, 0.3) is 0 Å². The third-order valence-corrected chi connectivity index (χ3v) is 2.96. The van der Waals surface area contributed by atoms with Crippen molar-refractivity contribution < 1.29 is 9.53 Å². The van der Waals surface area contributed by atoms with Crippen LogP contribution in [0.3, 0.4) is 0 Å². The van der Waals surface area contributed by atoms with Crippen LogP contribution in [0.1, 0.15) is 59.8 Å². The maximum absolute atomic E-state index is 11.9. The van der Waals surface area contributed by atoms with Gasteiger partial charge in [0, 0.05) is 13.1 Å². The topological polar surface area (TPSA) is 29.5 Å². The highest BCUT2D eigenvalue weighted by Crippen LogP contribution is 2.12. The molecule has 0 fully saturated rings. The smallest absolute Gasteiger partial charge is 0.409 e. The lowest BCUT2D eigenvalue weighted by Crippen LogP contribution is -2.34. The molecule has 102 valence electrons. The molecule has 0 bridgehead atoms. The Bertz CT molecular complexity index is 189. The molecule has 0 aliphatic carbocycles. The van der Waals surface area contributed by atoms with Crippen molar-refractivity contribution in [1.29, 1.82) is 0 Å². The number of hydrogen-bond acceptors (Lipinski definition) is 2. The second-order valence-corrected chi connectivity index (χ2v) is 4.63. The first kappa shape index (κ1) is 16.3. The first-order valence-corrected chi connectivity index (χ1v) is 7.11. The predicted molar refractivity (Wildman–Crippen MR) is 72.2 cm³/mol. The van der Waals surface area contributed by atoms with Crippen molar-refractivity contribution in [2.75, 3.05) is 19.7 Å². The Kier molecular flexibility index (Phi) is 9.98. The summed E-state index contributed by atoms with van der Waals surface area (Å²) in [5.74, 6) is 0.522. The molecule has 0 radical (unpaired) electrons. The number of carbonyl (C=O) groups excluding carboxylic acids is 1. The van der Waals surface area contributed by atoms with Gasteiger partial charge in [-0.15, -0.1) is 0 Å². The molecule has 0 aromatic rings. The number of rotatable bonds is 9. The molecular weight excluding hydrogens is 214 g/mol. The van der Waals surface area contributed by atoms with Crippen LogP contribution in [-0.4, -0.2) is 30.7 Å². The SMILES string of the molecule is CCCC(CC)COC(=O)N(CCC)CCC. The van der Waals surface area contributed by atoms with Crippen LogP contribution in [0.25, 0.3) is 0 Å². The lowest BCUT2D eigenvalue weighted by atomic mass is 10.0. The zero-order chi connectivity index (χ0) is 13.1. The van der Waals surface area contributed by atoms with Crippen LogP contribution in [0.2, 0.25) is 0 Å². The summed E-state index contributed by atoms with van der Waals surface area (Å²) >= 11 is 0. The summed E-state index contributed by atoms with van der Waals surface area (Å²) in [6.07, 6.45) is 5.23. The second-order valence-electron chi connectivity index (χ2n) is 4.63. The highest BCUT2D eigenvalue weighted by molar-refractivity contribution is 5.67.